The van der Waals surface area contributed by atoms with Crippen molar-refractivity contribution in [3.63, 3.8) is 0 Å². The highest BCUT2D eigenvalue weighted by Gasteiger charge is 2.07. The van der Waals surface area contributed by atoms with Crippen molar-refractivity contribution >= 4 is 23.4 Å². The summed E-state index contributed by atoms with van der Waals surface area (Å²) >= 11 is 5.40. The van der Waals surface area contributed by atoms with Crippen LogP contribution in [0.5, 0.6) is 0 Å². The van der Waals surface area contributed by atoms with Gasteiger partial charge in [0, 0.05) is 19.3 Å². The number of nitrogens with one attached hydrogen (secondary N) is 1. The Hall–Kier alpha value is -1.20. The van der Waals surface area contributed by atoms with Crippen molar-refractivity contribution in [1.82, 2.24) is 19.4 Å². The second kappa shape index (κ2) is 6.30. The minimum Gasteiger partial charge on any atom is -0.329 e. The first-order chi connectivity index (χ1) is 9.15. The molecular weight excluding hydrogens is 256 g/mol. The van der Waals surface area contributed by atoms with Gasteiger partial charge in [-0.15, -0.1) is 0 Å². The lowest BCUT2D eigenvalue weighted by molar-refractivity contribution is 0.277. The fraction of sp³-hybridized carbons (Fsp3) is 0.571. The van der Waals surface area contributed by atoms with Gasteiger partial charge in [0.05, 0.1) is 5.52 Å². The van der Waals surface area contributed by atoms with Crippen LogP contribution in [0.2, 0.25) is 0 Å². The van der Waals surface area contributed by atoms with Gasteiger partial charge in [-0.1, -0.05) is 13.8 Å². The van der Waals surface area contributed by atoms with Gasteiger partial charge in [0.1, 0.15) is 0 Å². The molecule has 0 unspecified atom stereocenters. The van der Waals surface area contributed by atoms with Crippen LogP contribution in [0, 0.1) is 11.7 Å². The first kappa shape index (κ1) is 14.2. The Morgan fingerprint density at radius 1 is 1.37 bits per heavy atom. The Morgan fingerprint density at radius 3 is 2.84 bits per heavy atom. The Morgan fingerprint density at radius 2 is 2.16 bits per heavy atom. The molecule has 0 aliphatic carbocycles. The fourth-order valence-corrected chi connectivity index (χ4v) is 2.63. The number of aryl methyl sites for hydroxylation is 1. The van der Waals surface area contributed by atoms with Gasteiger partial charge < -0.3 is 14.5 Å². The Bertz CT molecular complexity index is 599. The molecule has 19 heavy (non-hydrogen) atoms. The SMILES string of the molecule is CCCN(CC)CCn1c(=S)[nH]c2cc(C)cnc21. The van der Waals surface area contributed by atoms with Crippen molar-refractivity contribution in [2.45, 2.75) is 33.7 Å². The van der Waals surface area contributed by atoms with Crippen LogP contribution in [0.25, 0.3) is 11.2 Å². The highest BCUT2D eigenvalue weighted by Crippen LogP contribution is 2.13. The summed E-state index contributed by atoms with van der Waals surface area (Å²) in [6, 6.07) is 2.10. The summed E-state index contributed by atoms with van der Waals surface area (Å²) in [4.78, 5) is 10.2. The van der Waals surface area contributed by atoms with Crippen LogP contribution in [-0.2, 0) is 6.54 Å². The standard InChI is InChI=1S/C14H22N4S/c1-4-6-17(5-2)7-8-18-13-12(16-14(18)19)9-11(3)10-15-13/h9-10H,4-8H2,1-3H3,(H,16,19). The van der Waals surface area contributed by atoms with E-state index in [9.17, 15) is 0 Å². The minimum atomic E-state index is 0.764. The van der Waals surface area contributed by atoms with Gasteiger partial charge in [0.15, 0.2) is 10.4 Å². The van der Waals surface area contributed by atoms with Gasteiger partial charge in [0.25, 0.3) is 0 Å². The van der Waals surface area contributed by atoms with Crippen LogP contribution >= 0.6 is 12.2 Å². The molecule has 2 heterocycles. The zero-order valence-corrected chi connectivity index (χ0v) is 12.8. The molecule has 1 N–H and O–H groups in total. The van der Waals surface area contributed by atoms with Gasteiger partial charge in [-0.3, -0.25) is 0 Å². The van der Waals surface area contributed by atoms with E-state index in [2.05, 4.69) is 39.3 Å². The number of likely N-dealkylation sites (N-methyl/N-ethyl adjacent to an activating group) is 1. The third-order valence-electron chi connectivity index (χ3n) is 3.37. The number of hydrogen-bond donors (Lipinski definition) is 1. The van der Waals surface area contributed by atoms with Crippen molar-refractivity contribution in [3.8, 4) is 0 Å². The van der Waals surface area contributed by atoms with Gasteiger partial charge in [-0.05, 0) is 50.3 Å². The van der Waals surface area contributed by atoms with E-state index in [0.717, 1.165) is 47.7 Å². The molecule has 0 bridgehead atoms. The predicted octanol–water partition coefficient (Wildman–Crippen LogP) is 3.13. The molecule has 0 atom stereocenters. The molecular formula is C14H22N4S. The molecule has 2 aromatic heterocycles. The summed E-state index contributed by atoms with van der Waals surface area (Å²) in [6.07, 6.45) is 3.08. The average Bonchev–Trinajstić information content (AvgIpc) is 2.69. The van der Waals surface area contributed by atoms with E-state index in [1.807, 2.05) is 13.1 Å². The van der Waals surface area contributed by atoms with Gasteiger partial charge in [0.2, 0.25) is 0 Å². The molecule has 2 aromatic rings. The smallest absolute Gasteiger partial charge is 0.179 e. The number of nitrogens with zero attached hydrogens (tertiary/aromatic N) is 3. The molecule has 0 amide bonds. The van der Waals surface area contributed by atoms with Crippen LogP contribution in [0.3, 0.4) is 0 Å². The van der Waals surface area contributed by atoms with E-state index in [4.69, 9.17) is 12.2 Å². The van der Waals surface area contributed by atoms with Gasteiger partial charge >= 0.3 is 0 Å². The highest BCUT2D eigenvalue weighted by atomic mass is 32.1. The van der Waals surface area contributed by atoms with Crippen LogP contribution in [0.4, 0.5) is 0 Å². The number of aromatic nitrogens is 3. The molecule has 0 spiro atoms. The zero-order valence-electron chi connectivity index (χ0n) is 11.9. The summed E-state index contributed by atoms with van der Waals surface area (Å²) in [7, 11) is 0. The van der Waals surface area contributed by atoms with E-state index in [1.54, 1.807) is 0 Å². The molecule has 0 aliphatic heterocycles. The molecule has 4 nitrogen and oxygen atoms in total. The lowest BCUT2D eigenvalue weighted by atomic mass is 10.3. The van der Waals surface area contributed by atoms with E-state index in [1.165, 1.54) is 6.42 Å². The predicted molar refractivity (Wildman–Crippen MR) is 82.1 cm³/mol. The molecule has 0 saturated carbocycles. The average molecular weight is 278 g/mol. The van der Waals surface area contributed by atoms with E-state index >= 15 is 0 Å². The highest BCUT2D eigenvalue weighted by molar-refractivity contribution is 7.71. The molecule has 0 aromatic carbocycles. The maximum absolute atomic E-state index is 5.40. The summed E-state index contributed by atoms with van der Waals surface area (Å²) in [6.45, 7) is 10.6. The second-order valence-electron chi connectivity index (χ2n) is 4.90. The molecule has 0 radical (unpaired) electrons. The lowest BCUT2D eigenvalue weighted by Gasteiger charge is -2.19. The van der Waals surface area contributed by atoms with Crippen LogP contribution in [0.1, 0.15) is 25.8 Å². The van der Waals surface area contributed by atoms with Crippen molar-refractivity contribution in [1.29, 1.82) is 0 Å². The molecule has 104 valence electrons. The van der Waals surface area contributed by atoms with E-state index < -0.39 is 0 Å². The first-order valence-corrected chi connectivity index (χ1v) is 7.34. The monoisotopic (exact) mass is 278 g/mol. The topological polar surface area (TPSA) is 36.9 Å². The van der Waals surface area contributed by atoms with Gasteiger partial charge in [-0.25, -0.2) is 4.98 Å². The van der Waals surface area contributed by atoms with Crippen LogP contribution in [-0.4, -0.2) is 39.1 Å². The number of imidazole rings is 1. The third-order valence-corrected chi connectivity index (χ3v) is 3.70. The van der Waals surface area contributed by atoms with E-state index in [0.29, 0.717) is 0 Å². The Kier molecular flexibility index (Phi) is 4.71. The number of aromatic amines is 1. The second-order valence-corrected chi connectivity index (χ2v) is 5.29. The Labute approximate surface area is 119 Å². The molecule has 0 aliphatic rings. The molecule has 0 fully saturated rings. The minimum absolute atomic E-state index is 0.764. The fourth-order valence-electron chi connectivity index (χ4n) is 2.34. The van der Waals surface area contributed by atoms with Crippen molar-refractivity contribution < 1.29 is 0 Å². The summed E-state index contributed by atoms with van der Waals surface area (Å²) in [5.41, 5.74) is 3.14. The number of pyridine rings is 1. The van der Waals surface area contributed by atoms with Gasteiger partial charge in [-0.2, -0.15) is 0 Å². The maximum atomic E-state index is 5.40. The summed E-state index contributed by atoms with van der Waals surface area (Å²) in [5.74, 6) is 0. The first-order valence-electron chi connectivity index (χ1n) is 6.93. The molecule has 0 saturated heterocycles. The third kappa shape index (κ3) is 3.22. The quantitative estimate of drug-likeness (QED) is 0.825. The molecule has 2 rings (SSSR count). The van der Waals surface area contributed by atoms with E-state index in [-0.39, 0.29) is 0 Å². The largest absolute Gasteiger partial charge is 0.329 e. The molecule has 5 heteroatoms. The number of rotatable bonds is 6. The number of H-pyrrole nitrogens is 1. The normalized spacial score (nSPS) is 11.6. The van der Waals surface area contributed by atoms with Crippen molar-refractivity contribution in [2.75, 3.05) is 19.6 Å². The van der Waals surface area contributed by atoms with Crippen molar-refractivity contribution in [2.24, 2.45) is 0 Å². The van der Waals surface area contributed by atoms with Crippen molar-refractivity contribution in [3.05, 3.63) is 22.6 Å². The number of hydrogen-bond acceptors (Lipinski definition) is 3. The maximum Gasteiger partial charge on any atom is 0.179 e. The number of fused-ring (bicyclic) bond motifs is 1. The Balaban J connectivity index is 2.20. The zero-order chi connectivity index (χ0) is 13.8. The van der Waals surface area contributed by atoms with Crippen LogP contribution in [0.15, 0.2) is 12.3 Å². The summed E-state index contributed by atoms with van der Waals surface area (Å²) in [5, 5.41) is 0. The van der Waals surface area contributed by atoms with Crippen LogP contribution < -0.4 is 0 Å². The lowest BCUT2D eigenvalue weighted by Crippen LogP contribution is -2.28. The summed E-state index contributed by atoms with van der Waals surface area (Å²) < 4.78 is 2.86.